The smallest absolute Gasteiger partial charge is 0.0161 e. The molecule has 1 aliphatic rings. The van der Waals surface area contributed by atoms with E-state index in [1.807, 2.05) is 0 Å². The average Bonchev–Trinajstić information content (AvgIpc) is 2.43. The zero-order chi connectivity index (χ0) is 13.7. The Labute approximate surface area is 122 Å². The summed E-state index contributed by atoms with van der Waals surface area (Å²) in [6.45, 7) is 4.57. The van der Waals surface area contributed by atoms with E-state index < -0.39 is 0 Å². The number of rotatable bonds is 6. The molecule has 0 fully saturated rings. The van der Waals surface area contributed by atoms with Gasteiger partial charge >= 0.3 is 0 Å². The quantitative estimate of drug-likeness (QED) is 0.835. The van der Waals surface area contributed by atoms with E-state index in [9.17, 15) is 0 Å². The normalized spacial score (nSPS) is 20.3. The molecule has 0 aromatic heterocycles. The van der Waals surface area contributed by atoms with Crippen LogP contribution in [0.25, 0.3) is 0 Å². The lowest BCUT2D eigenvalue weighted by Crippen LogP contribution is -2.31. The highest BCUT2D eigenvalue weighted by molar-refractivity contribution is 7.99. The summed E-state index contributed by atoms with van der Waals surface area (Å²) in [5, 5.41) is 4.25. The Balaban J connectivity index is 1.98. The Kier molecular flexibility index (Phi) is 5.77. The molecule has 1 N–H and O–H groups in total. The van der Waals surface area contributed by atoms with E-state index in [1.54, 1.807) is 11.1 Å². The molecule has 2 heteroatoms. The molecule has 2 atom stereocenters. The van der Waals surface area contributed by atoms with Crippen molar-refractivity contribution in [1.29, 1.82) is 0 Å². The Bertz CT molecular complexity index is 389. The third kappa shape index (κ3) is 4.25. The highest BCUT2D eigenvalue weighted by atomic mass is 32.2. The zero-order valence-corrected chi connectivity index (χ0v) is 13.3. The van der Waals surface area contributed by atoms with Gasteiger partial charge < -0.3 is 5.32 Å². The molecule has 1 aliphatic carbocycles. The van der Waals surface area contributed by atoms with Crippen molar-refractivity contribution >= 4 is 11.8 Å². The minimum absolute atomic E-state index is 0.642. The second-order valence-corrected chi connectivity index (χ2v) is 7.50. The van der Waals surface area contributed by atoms with Crippen molar-refractivity contribution in [2.45, 2.75) is 56.7 Å². The van der Waals surface area contributed by atoms with Crippen LogP contribution in [-0.2, 0) is 6.42 Å². The van der Waals surface area contributed by atoms with Gasteiger partial charge in [-0.05, 0) is 55.0 Å². The lowest BCUT2D eigenvalue weighted by atomic mass is 9.80. The summed E-state index contributed by atoms with van der Waals surface area (Å²) in [7, 11) is 2.11. The number of thioether (sulfide) groups is 1. The Morgan fingerprint density at radius 2 is 2.11 bits per heavy atom. The van der Waals surface area contributed by atoms with E-state index in [1.165, 1.54) is 31.4 Å². The summed E-state index contributed by atoms with van der Waals surface area (Å²) < 4.78 is 0. The van der Waals surface area contributed by atoms with Crippen LogP contribution in [0.5, 0.6) is 0 Å². The molecule has 0 radical (unpaired) electrons. The largest absolute Gasteiger partial charge is 0.316 e. The minimum Gasteiger partial charge on any atom is -0.316 e. The highest BCUT2D eigenvalue weighted by Gasteiger charge is 2.22. The summed E-state index contributed by atoms with van der Waals surface area (Å²) in [6.07, 6.45) is 5.28. The third-order valence-corrected chi connectivity index (χ3v) is 5.36. The zero-order valence-electron chi connectivity index (χ0n) is 12.5. The first kappa shape index (κ1) is 14.9. The maximum atomic E-state index is 3.51. The molecule has 0 saturated carbocycles. The average molecular weight is 277 g/mol. The van der Waals surface area contributed by atoms with E-state index in [-0.39, 0.29) is 0 Å². The maximum Gasteiger partial charge on any atom is 0.0161 e. The van der Waals surface area contributed by atoms with Crippen LogP contribution >= 0.6 is 11.8 Å². The van der Waals surface area contributed by atoms with Gasteiger partial charge in [0.2, 0.25) is 0 Å². The molecule has 0 spiro atoms. The fourth-order valence-electron chi connectivity index (χ4n) is 3.02. The van der Waals surface area contributed by atoms with Crippen LogP contribution in [0.15, 0.2) is 24.3 Å². The van der Waals surface area contributed by atoms with E-state index in [0.717, 1.165) is 11.2 Å². The molecule has 0 amide bonds. The van der Waals surface area contributed by atoms with Crippen LogP contribution in [0, 0.1) is 0 Å². The molecule has 0 saturated heterocycles. The lowest BCUT2D eigenvalue weighted by molar-refractivity contribution is 0.453. The number of aryl methyl sites for hydroxylation is 1. The first-order chi connectivity index (χ1) is 9.20. The van der Waals surface area contributed by atoms with Crippen molar-refractivity contribution < 1.29 is 0 Å². The van der Waals surface area contributed by atoms with Gasteiger partial charge in [-0.25, -0.2) is 0 Å². The number of hydrogen-bond donors (Lipinski definition) is 1. The van der Waals surface area contributed by atoms with Crippen molar-refractivity contribution in [3.05, 3.63) is 35.4 Å². The summed E-state index contributed by atoms with van der Waals surface area (Å²) in [4.78, 5) is 0. The first-order valence-electron chi connectivity index (χ1n) is 7.57. The summed E-state index contributed by atoms with van der Waals surface area (Å²) in [5.74, 6) is 1.99. The number of benzene rings is 1. The molecule has 0 heterocycles. The molecular weight excluding hydrogens is 250 g/mol. The summed E-state index contributed by atoms with van der Waals surface area (Å²) in [5.41, 5.74) is 3.20. The molecule has 1 aromatic carbocycles. The van der Waals surface area contributed by atoms with Crippen LogP contribution in [-0.4, -0.2) is 24.1 Å². The van der Waals surface area contributed by atoms with Crippen LogP contribution in [0.4, 0.5) is 0 Å². The van der Waals surface area contributed by atoms with E-state index >= 15 is 0 Å². The lowest BCUT2D eigenvalue weighted by Gasteiger charge is -2.29. The van der Waals surface area contributed by atoms with Gasteiger partial charge in [-0.1, -0.05) is 38.1 Å². The second kappa shape index (κ2) is 7.35. The van der Waals surface area contributed by atoms with Crippen LogP contribution in [0.3, 0.4) is 0 Å². The van der Waals surface area contributed by atoms with Gasteiger partial charge in [-0.15, -0.1) is 0 Å². The molecule has 19 heavy (non-hydrogen) atoms. The standard InChI is InChI=1S/C17H27NS/c1-13(2)19-12-16(18-3)11-15-9-6-8-14-7-4-5-10-17(14)15/h4-5,7,10,13,15-16,18H,6,8-9,11-12H2,1-3H3. The third-order valence-electron chi connectivity index (χ3n) is 4.10. The summed E-state index contributed by atoms with van der Waals surface area (Å²) >= 11 is 2.07. The van der Waals surface area contributed by atoms with Crippen LogP contribution in [0.2, 0.25) is 0 Å². The first-order valence-corrected chi connectivity index (χ1v) is 8.62. The molecule has 106 valence electrons. The van der Waals surface area contributed by atoms with Crippen molar-refractivity contribution in [2.24, 2.45) is 0 Å². The van der Waals surface area contributed by atoms with Gasteiger partial charge in [-0.2, -0.15) is 11.8 Å². The van der Waals surface area contributed by atoms with E-state index in [0.29, 0.717) is 6.04 Å². The fraction of sp³-hybridized carbons (Fsp3) is 0.647. The number of nitrogens with one attached hydrogen (secondary N) is 1. The number of hydrogen-bond acceptors (Lipinski definition) is 2. The predicted molar refractivity (Wildman–Crippen MR) is 87.2 cm³/mol. The van der Waals surface area contributed by atoms with E-state index in [4.69, 9.17) is 0 Å². The van der Waals surface area contributed by atoms with Gasteiger partial charge in [0, 0.05) is 11.8 Å². The van der Waals surface area contributed by atoms with Crippen molar-refractivity contribution in [3.63, 3.8) is 0 Å². The molecular formula is C17H27NS. The molecule has 2 rings (SSSR count). The van der Waals surface area contributed by atoms with Gasteiger partial charge in [-0.3, -0.25) is 0 Å². The van der Waals surface area contributed by atoms with Gasteiger partial charge in [0.15, 0.2) is 0 Å². The van der Waals surface area contributed by atoms with E-state index in [2.05, 4.69) is 62.2 Å². The Morgan fingerprint density at radius 3 is 2.84 bits per heavy atom. The van der Waals surface area contributed by atoms with Crippen LogP contribution < -0.4 is 5.32 Å². The van der Waals surface area contributed by atoms with Gasteiger partial charge in [0.1, 0.15) is 0 Å². The molecule has 1 aromatic rings. The molecule has 1 nitrogen and oxygen atoms in total. The summed E-state index contributed by atoms with van der Waals surface area (Å²) in [6, 6.07) is 9.70. The van der Waals surface area contributed by atoms with Crippen molar-refractivity contribution in [1.82, 2.24) is 5.32 Å². The SMILES string of the molecule is CNC(CSC(C)C)CC1CCCc2ccccc21. The Hall–Kier alpha value is -0.470. The molecule has 0 bridgehead atoms. The minimum atomic E-state index is 0.642. The van der Waals surface area contributed by atoms with Crippen LogP contribution in [0.1, 0.15) is 50.2 Å². The van der Waals surface area contributed by atoms with Gasteiger partial charge in [0.05, 0.1) is 0 Å². The molecule has 2 unspecified atom stereocenters. The fourth-order valence-corrected chi connectivity index (χ4v) is 3.94. The highest BCUT2D eigenvalue weighted by Crippen LogP contribution is 2.35. The van der Waals surface area contributed by atoms with Crippen molar-refractivity contribution in [3.8, 4) is 0 Å². The second-order valence-electron chi connectivity index (χ2n) is 5.89. The maximum absolute atomic E-state index is 3.51. The molecule has 0 aliphatic heterocycles. The predicted octanol–water partition coefficient (Wildman–Crippen LogP) is 4.23. The number of fused-ring (bicyclic) bond motifs is 1. The Morgan fingerprint density at radius 1 is 1.32 bits per heavy atom. The van der Waals surface area contributed by atoms with Crippen molar-refractivity contribution in [2.75, 3.05) is 12.8 Å². The monoisotopic (exact) mass is 277 g/mol. The van der Waals surface area contributed by atoms with Gasteiger partial charge in [0.25, 0.3) is 0 Å². The topological polar surface area (TPSA) is 12.0 Å².